The molecule has 0 spiro atoms. The fourth-order valence-electron chi connectivity index (χ4n) is 3.52. The van der Waals surface area contributed by atoms with Gasteiger partial charge < -0.3 is 14.6 Å². The van der Waals surface area contributed by atoms with Crippen molar-refractivity contribution in [2.75, 3.05) is 14.2 Å². The zero-order valence-corrected chi connectivity index (χ0v) is 18.7. The van der Waals surface area contributed by atoms with Crippen LogP contribution in [0.2, 0.25) is 0 Å². The third-order valence-electron chi connectivity index (χ3n) is 5.57. The number of halogens is 1. The van der Waals surface area contributed by atoms with Crippen LogP contribution in [0.3, 0.4) is 0 Å². The Labute approximate surface area is 188 Å². The molecule has 0 amide bonds. The summed E-state index contributed by atoms with van der Waals surface area (Å²) in [6.07, 6.45) is 3.06. The van der Waals surface area contributed by atoms with Gasteiger partial charge in [-0.25, -0.2) is 9.18 Å². The van der Waals surface area contributed by atoms with E-state index < -0.39 is 17.9 Å². The van der Waals surface area contributed by atoms with Crippen molar-refractivity contribution in [3.05, 3.63) is 100 Å². The topological polar surface area (TPSA) is 55.8 Å². The molecule has 5 heteroatoms. The summed E-state index contributed by atoms with van der Waals surface area (Å²) in [7, 11) is 2.66. The molecule has 32 heavy (non-hydrogen) atoms. The van der Waals surface area contributed by atoms with Crippen LogP contribution < -0.4 is 4.74 Å². The smallest absolute Gasteiger partial charge is 0.337 e. The molecule has 1 aliphatic carbocycles. The summed E-state index contributed by atoms with van der Waals surface area (Å²) in [6.45, 7) is 1.71. The highest BCUT2D eigenvalue weighted by molar-refractivity contribution is 5.89. The molecule has 168 valence electrons. The van der Waals surface area contributed by atoms with Crippen LogP contribution in [0.1, 0.15) is 51.6 Å². The molecule has 0 aliphatic heterocycles. The number of aryl methyl sites for hydroxylation is 1. The van der Waals surface area contributed by atoms with E-state index in [9.17, 15) is 14.3 Å². The molecule has 4 rings (SSSR count). The molecule has 0 bridgehead atoms. The van der Waals surface area contributed by atoms with Crippen molar-refractivity contribution in [3.8, 4) is 5.75 Å². The van der Waals surface area contributed by atoms with Crippen molar-refractivity contribution < 1.29 is 23.8 Å². The quantitative estimate of drug-likeness (QED) is 0.508. The summed E-state index contributed by atoms with van der Waals surface area (Å²) in [4.78, 5) is 11.4. The first-order valence-corrected chi connectivity index (χ1v) is 10.7. The molecule has 3 aromatic rings. The average Bonchev–Trinajstić information content (AvgIpc) is 3.64. The van der Waals surface area contributed by atoms with Crippen molar-refractivity contribution >= 4 is 5.97 Å². The van der Waals surface area contributed by atoms with Gasteiger partial charge in [-0.1, -0.05) is 48.5 Å². The molecule has 0 aromatic heterocycles. The molecule has 0 saturated heterocycles. The lowest BCUT2D eigenvalue weighted by atomic mass is 9.96. The monoisotopic (exact) mass is 436 g/mol. The summed E-state index contributed by atoms with van der Waals surface area (Å²) in [5.41, 5.74) is 3.11. The maximum Gasteiger partial charge on any atom is 0.337 e. The molecular formula is C27H29FO4. The van der Waals surface area contributed by atoms with Gasteiger partial charge in [-0.3, -0.25) is 0 Å². The summed E-state index contributed by atoms with van der Waals surface area (Å²) < 4.78 is 23.9. The van der Waals surface area contributed by atoms with Crippen LogP contribution in [0.15, 0.2) is 66.7 Å². The molecule has 0 radical (unpaired) electrons. The number of methoxy groups -OCH3 is 2. The van der Waals surface area contributed by atoms with Gasteiger partial charge in [0.1, 0.15) is 6.10 Å². The van der Waals surface area contributed by atoms with Gasteiger partial charge in [0.2, 0.25) is 0 Å². The Hall–Kier alpha value is -3.18. The van der Waals surface area contributed by atoms with Gasteiger partial charge >= 0.3 is 5.97 Å². The maximum absolute atomic E-state index is 14.4. The van der Waals surface area contributed by atoms with Crippen LogP contribution in [-0.2, 0) is 11.2 Å². The Morgan fingerprint density at radius 2 is 1.69 bits per heavy atom. The standard InChI is InChI=1S/C17H17FO4.C10H12/c1-10-4-9-13(21-2)15(18)14(10)16(19)11-5-7-12(8-6-11)17(20)22-3;1-2-4-9(5-3-1)8-10-6-7-10/h4-9,16,19H,1-3H3;1-5,10H,6-8H2. The van der Waals surface area contributed by atoms with E-state index >= 15 is 0 Å². The molecule has 1 N–H and O–H groups in total. The normalized spacial score (nSPS) is 13.5. The van der Waals surface area contributed by atoms with Crippen molar-refractivity contribution in [1.82, 2.24) is 0 Å². The van der Waals surface area contributed by atoms with E-state index in [1.165, 1.54) is 57.2 Å². The van der Waals surface area contributed by atoms with Crippen LogP contribution in [0.5, 0.6) is 5.75 Å². The average molecular weight is 437 g/mol. The minimum absolute atomic E-state index is 0.0748. The summed E-state index contributed by atoms with van der Waals surface area (Å²) in [6, 6.07) is 20.1. The van der Waals surface area contributed by atoms with Gasteiger partial charge in [0.05, 0.1) is 19.8 Å². The second-order valence-corrected chi connectivity index (χ2v) is 7.96. The summed E-state index contributed by atoms with van der Waals surface area (Å²) in [5, 5.41) is 10.4. The maximum atomic E-state index is 14.4. The first-order valence-electron chi connectivity index (χ1n) is 10.7. The van der Waals surface area contributed by atoms with E-state index in [1.54, 1.807) is 25.1 Å². The second kappa shape index (κ2) is 10.9. The van der Waals surface area contributed by atoms with Crippen LogP contribution in [0, 0.1) is 18.7 Å². The molecular weight excluding hydrogens is 407 g/mol. The van der Waals surface area contributed by atoms with Crippen molar-refractivity contribution in [3.63, 3.8) is 0 Å². The van der Waals surface area contributed by atoms with Gasteiger partial charge in [-0.05, 0) is 67.0 Å². The molecule has 1 atom stereocenters. The molecule has 1 aliphatic rings. The largest absolute Gasteiger partial charge is 0.494 e. The molecule has 1 unspecified atom stereocenters. The molecule has 3 aromatic carbocycles. The van der Waals surface area contributed by atoms with Gasteiger partial charge in [0.15, 0.2) is 11.6 Å². The zero-order valence-electron chi connectivity index (χ0n) is 18.7. The highest BCUT2D eigenvalue weighted by Gasteiger charge is 2.21. The fraction of sp³-hybridized carbons (Fsp3) is 0.296. The van der Waals surface area contributed by atoms with Crippen molar-refractivity contribution in [2.45, 2.75) is 32.3 Å². The minimum Gasteiger partial charge on any atom is -0.494 e. The van der Waals surface area contributed by atoms with E-state index in [0.717, 1.165) is 5.92 Å². The molecule has 0 heterocycles. The van der Waals surface area contributed by atoms with E-state index in [0.29, 0.717) is 16.7 Å². The van der Waals surface area contributed by atoms with Gasteiger partial charge in [-0.2, -0.15) is 0 Å². The van der Waals surface area contributed by atoms with Gasteiger partial charge in [0.25, 0.3) is 0 Å². The number of esters is 1. The number of carbonyl (C=O) groups is 1. The Kier molecular flexibility index (Phi) is 8.01. The first kappa shape index (κ1) is 23.5. The Balaban J connectivity index is 0.000000238. The predicted octanol–water partition coefficient (Wildman–Crippen LogP) is 5.65. The van der Waals surface area contributed by atoms with E-state index in [-0.39, 0.29) is 11.3 Å². The number of hydrogen-bond acceptors (Lipinski definition) is 4. The lowest BCUT2D eigenvalue weighted by Crippen LogP contribution is -2.07. The number of rotatable bonds is 6. The number of carbonyl (C=O) groups excluding carboxylic acids is 1. The predicted molar refractivity (Wildman–Crippen MR) is 122 cm³/mol. The third-order valence-corrected chi connectivity index (χ3v) is 5.57. The number of aliphatic hydroxyl groups excluding tert-OH is 1. The van der Waals surface area contributed by atoms with Crippen LogP contribution >= 0.6 is 0 Å². The van der Waals surface area contributed by atoms with E-state index in [1.807, 2.05) is 0 Å². The van der Waals surface area contributed by atoms with Crippen molar-refractivity contribution in [2.24, 2.45) is 5.92 Å². The van der Waals surface area contributed by atoms with Crippen LogP contribution in [0.25, 0.3) is 0 Å². The zero-order chi connectivity index (χ0) is 23.1. The SMILES string of the molecule is COC(=O)c1ccc(C(O)c2c(C)ccc(OC)c2F)cc1.c1ccc(CC2CC2)cc1. The van der Waals surface area contributed by atoms with Crippen LogP contribution in [0.4, 0.5) is 4.39 Å². The number of benzene rings is 3. The highest BCUT2D eigenvalue weighted by Crippen LogP contribution is 2.33. The fourth-order valence-corrected chi connectivity index (χ4v) is 3.52. The van der Waals surface area contributed by atoms with E-state index in [2.05, 4.69) is 35.1 Å². The van der Waals surface area contributed by atoms with Crippen molar-refractivity contribution in [1.29, 1.82) is 0 Å². The summed E-state index contributed by atoms with van der Waals surface area (Å²) >= 11 is 0. The lowest BCUT2D eigenvalue weighted by Gasteiger charge is -2.17. The minimum atomic E-state index is -1.15. The number of hydrogen-bond donors (Lipinski definition) is 1. The van der Waals surface area contributed by atoms with Crippen LogP contribution in [-0.4, -0.2) is 25.3 Å². The Morgan fingerprint density at radius 1 is 1.03 bits per heavy atom. The molecule has 1 saturated carbocycles. The first-order chi connectivity index (χ1) is 15.4. The molecule has 4 nitrogen and oxygen atoms in total. The second-order valence-electron chi connectivity index (χ2n) is 7.96. The molecule has 1 fully saturated rings. The summed E-state index contributed by atoms with van der Waals surface area (Å²) in [5.74, 6) is 0.0325. The van der Waals surface area contributed by atoms with E-state index in [4.69, 9.17) is 4.74 Å². The third kappa shape index (κ3) is 5.95. The number of aliphatic hydroxyl groups is 1. The van der Waals surface area contributed by atoms with Gasteiger partial charge in [-0.15, -0.1) is 0 Å². The Bertz CT molecular complexity index is 1030. The highest BCUT2D eigenvalue weighted by atomic mass is 19.1. The number of ether oxygens (including phenoxy) is 2. The Morgan fingerprint density at radius 3 is 2.25 bits per heavy atom. The lowest BCUT2D eigenvalue weighted by molar-refractivity contribution is 0.0600. The van der Waals surface area contributed by atoms with Gasteiger partial charge in [0, 0.05) is 5.56 Å².